The van der Waals surface area contributed by atoms with E-state index in [2.05, 4.69) is 35.6 Å². The standard InChI is InChI=1S/C22H22FN7O2/c1-4-12(2)28-22-18-15(10-25-21(18)26-11-27-22)19(31)14-6-7-16(30-20(14)23)29-13-5-8-17(32-3)24-9-13/h5-12H,4H2,1-3H3,(H,29,30)(H2,25,26,27,28). The van der Waals surface area contributed by atoms with E-state index in [-0.39, 0.29) is 23.0 Å². The lowest BCUT2D eigenvalue weighted by Crippen LogP contribution is -2.15. The number of halogens is 1. The third kappa shape index (κ3) is 4.20. The molecular weight excluding hydrogens is 413 g/mol. The lowest BCUT2D eigenvalue weighted by atomic mass is 10.0. The third-order valence-electron chi connectivity index (χ3n) is 5.02. The number of aromatic amines is 1. The van der Waals surface area contributed by atoms with Crippen molar-refractivity contribution in [1.29, 1.82) is 0 Å². The molecule has 0 spiro atoms. The number of fused-ring (bicyclic) bond motifs is 1. The molecule has 0 aliphatic rings. The van der Waals surface area contributed by atoms with E-state index in [9.17, 15) is 9.18 Å². The normalized spacial score (nSPS) is 11.9. The van der Waals surface area contributed by atoms with Crippen LogP contribution in [0.1, 0.15) is 36.2 Å². The smallest absolute Gasteiger partial charge is 0.226 e. The Balaban J connectivity index is 1.62. The summed E-state index contributed by atoms with van der Waals surface area (Å²) in [5, 5.41) is 6.73. The number of anilines is 3. The summed E-state index contributed by atoms with van der Waals surface area (Å²) < 4.78 is 19.8. The van der Waals surface area contributed by atoms with Gasteiger partial charge in [0.25, 0.3) is 0 Å². The van der Waals surface area contributed by atoms with Crippen molar-refractivity contribution in [2.45, 2.75) is 26.3 Å². The van der Waals surface area contributed by atoms with Crippen molar-refractivity contribution in [2.75, 3.05) is 17.7 Å². The topological polar surface area (TPSA) is 118 Å². The molecule has 0 saturated carbocycles. The van der Waals surface area contributed by atoms with Crippen molar-refractivity contribution in [2.24, 2.45) is 0 Å². The van der Waals surface area contributed by atoms with E-state index in [0.717, 1.165) is 6.42 Å². The van der Waals surface area contributed by atoms with Crippen LogP contribution in [0.25, 0.3) is 11.0 Å². The summed E-state index contributed by atoms with van der Waals surface area (Å²) >= 11 is 0. The second kappa shape index (κ2) is 8.96. The maximum Gasteiger partial charge on any atom is 0.226 e. The molecule has 0 saturated heterocycles. The Morgan fingerprint density at radius 2 is 2.03 bits per heavy atom. The molecule has 1 atom stereocenters. The number of nitrogens with zero attached hydrogens (tertiary/aromatic N) is 4. The number of carbonyl (C=O) groups excluding carboxylic acids is 1. The van der Waals surface area contributed by atoms with Crippen molar-refractivity contribution in [1.82, 2.24) is 24.9 Å². The van der Waals surface area contributed by atoms with E-state index in [1.165, 1.54) is 38.0 Å². The van der Waals surface area contributed by atoms with Gasteiger partial charge in [-0.25, -0.2) is 19.9 Å². The molecule has 164 valence electrons. The van der Waals surface area contributed by atoms with Gasteiger partial charge in [-0.2, -0.15) is 4.39 Å². The molecule has 32 heavy (non-hydrogen) atoms. The van der Waals surface area contributed by atoms with Gasteiger partial charge in [0.05, 0.1) is 35.5 Å². The van der Waals surface area contributed by atoms with Crippen LogP contribution in [-0.4, -0.2) is 43.9 Å². The number of pyridine rings is 2. The number of ether oxygens (including phenoxy) is 1. The highest BCUT2D eigenvalue weighted by atomic mass is 19.1. The first-order valence-corrected chi connectivity index (χ1v) is 10.1. The Morgan fingerprint density at radius 3 is 2.72 bits per heavy atom. The molecule has 3 N–H and O–H groups in total. The first-order valence-electron chi connectivity index (χ1n) is 10.1. The van der Waals surface area contributed by atoms with Gasteiger partial charge < -0.3 is 20.4 Å². The number of H-pyrrole nitrogens is 1. The zero-order valence-corrected chi connectivity index (χ0v) is 17.8. The molecule has 0 aromatic carbocycles. The molecule has 1 unspecified atom stereocenters. The van der Waals surface area contributed by atoms with Crippen LogP contribution in [0.3, 0.4) is 0 Å². The van der Waals surface area contributed by atoms with Crippen LogP contribution in [0.5, 0.6) is 5.88 Å². The number of methoxy groups -OCH3 is 1. The first kappa shape index (κ1) is 21.2. The Morgan fingerprint density at radius 1 is 1.19 bits per heavy atom. The predicted molar refractivity (Wildman–Crippen MR) is 119 cm³/mol. The molecule has 0 aliphatic carbocycles. The minimum Gasteiger partial charge on any atom is -0.481 e. The van der Waals surface area contributed by atoms with Crippen molar-refractivity contribution < 1.29 is 13.9 Å². The van der Waals surface area contributed by atoms with Crippen LogP contribution < -0.4 is 15.4 Å². The van der Waals surface area contributed by atoms with Gasteiger partial charge in [0.15, 0.2) is 5.78 Å². The van der Waals surface area contributed by atoms with Crippen molar-refractivity contribution >= 4 is 34.1 Å². The fourth-order valence-electron chi connectivity index (χ4n) is 3.13. The number of carbonyl (C=O) groups is 1. The molecule has 4 rings (SSSR count). The molecule has 0 radical (unpaired) electrons. The summed E-state index contributed by atoms with van der Waals surface area (Å²) in [6.45, 7) is 4.05. The van der Waals surface area contributed by atoms with Crippen LogP contribution in [0.4, 0.5) is 21.7 Å². The molecular formula is C22H22FN7O2. The Labute approximate surface area is 183 Å². The monoisotopic (exact) mass is 435 g/mol. The van der Waals surface area contributed by atoms with E-state index in [0.29, 0.717) is 28.4 Å². The number of ketones is 1. The molecule has 0 amide bonds. The maximum atomic E-state index is 14.8. The van der Waals surface area contributed by atoms with Gasteiger partial charge >= 0.3 is 0 Å². The zero-order chi connectivity index (χ0) is 22.7. The first-order chi connectivity index (χ1) is 15.5. The minimum absolute atomic E-state index is 0.141. The summed E-state index contributed by atoms with van der Waals surface area (Å²) in [6.07, 6.45) is 5.33. The van der Waals surface area contributed by atoms with Gasteiger partial charge in [-0.3, -0.25) is 4.79 Å². The largest absolute Gasteiger partial charge is 0.481 e. The maximum absolute atomic E-state index is 14.8. The number of nitrogens with one attached hydrogen (secondary N) is 3. The quantitative estimate of drug-likeness (QED) is 0.280. The molecule has 4 aromatic rings. The highest BCUT2D eigenvalue weighted by Gasteiger charge is 2.22. The molecule has 10 heteroatoms. The van der Waals surface area contributed by atoms with Crippen LogP contribution >= 0.6 is 0 Å². The fourth-order valence-corrected chi connectivity index (χ4v) is 3.13. The van der Waals surface area contributed by atoms with Crippen LogP contribution in [-0.2, 0) is 0 Å². The third-order valence-corrected chi connectivity index (χ3v) is 5.02. The van der Waals surface area contributed by atoms with E-state index in [1.807, 2.05) is 13.8 Å². The van der Waals surface area contributed by atoms with Gasteiger partial charge in [-0.15, -0.1) is 0 Å². The van der Waals surface area contributed by atoms with Crippen molar-refractivity contribution in [3.05, 3.63) is 60.1 Å². The van der Waals surface area contributed by atoms with Crippen molar-refractivity contribution in [3.63, 3.8) is 0 Å². The Bertz CT molecular complexity index is 1260. The number of hydrogen-bond acceptors (Lipinski definition) is 8. The SMILES string of the molecule is CCC(C)Nc1ncnc2[nH]cc(C(=O)c3ccc(Nc4ccc(OC)nc4)nc3F)c12. The van der Waals surface area contributed by atoms with E-state index in [1.54, 1.807) is 12.1 Å². The van der Waals surface area contributed by atoms with Crippen LogP contribution in [0.2, 0.25) is 0 Å². The summed E-state index contributed by atoms with van der Waals surface area (Å²) in [5.74, 6) is -0.175. The zero-order valence-electron chi connectivity index (χ0n) is 17.8. The highest BCUT2D eigenvalue weighted by molar-refractivity contribution is 6.18. The second-order valence-corrected chi connectivity index (χ2v) is 7.18. The molecule has 4 aromatic heterocycles. The Kier molecular flexibility index (Phi) is 5.93. The molecule has 0 aliphatic heterocycles. The molecule has 0 fully saturated rings. The summed E-state index contributed by atoms with van der Waals surface area (Å²) in [7, 11) is 1.52. The summed E-state index contributed by atoms with van der Waals surface area (Å²) in [5.41, 5.74) is 1.22. The number of aromatic nitrogens is 5. The minimum atomic E-state index is -0.885. The van der Waals surface area contributed by atoms with Crippen LogP contribution in [0.15, 0.2) is 43.0 Å². The van der Waals surface area contributed by atoms with Gasteiger partial charge in [0, 0.05) is 18.3 Å². The molecule has 4 heterocycles. The van der Waals surface area contributed by atoms with Gasteiger partial charge in [0.2, 0.25) is 11.8 Å². The van der Waals surface area contributed by atoms with Gasteiger partial charge in [-0.1, -0.05) is 6.92 Å². The lowest BCUT2D eigenvalue weighted by molar-refractivity contribution is 0.103. The predicted octanol–water partition coefficient (Wildman–Crippen LogP) is 4.08. The molecule has 9 nitrogen and oxygen atoms in total. The average molecular weight is 435 g/mol. The highest BCUT2D eigenvalue weighted by Crippen LogP contribution is 2.27. The Hall–Kier alpha value is -4.08. The lowest BCUT2D eigenvalue weighted by Gasteiger charge is -2.13. The summed E-state index contributed by atoms with van der Waals surface area (Å²) in [6, 6.07) is 6.46. The van der Waals surface area contributed by atoms with Gasteiger partial charge in [-0.05, 0) is 31.5 Å². The van der Waals surface area contributed by atoms with Crippen LogP contribution in [0, 0.1) is 5.95 Å². The average Bonchev–Trinajstić information content (AvgIpc) is 3.24. The number of rotatable bonds is 8. The molecule has 0 bridgehead atoms. The number of hydrogen-bond donors (Lipinski definition) is 3. The second-order valence-electron chi connectivity index (χ2n) is 7.18. The van der Waals surface area contributed by atoms with Gasteiger partial charge in [0.1, 0.15) is 23.6 Å². The summed E-state index contributed by atoms with van der Waals surface area (Å²) in [4.78, 5) is 32.5. The fraction of sp³-hybridized carbons (Fsp3) is 0.227. The van der Waals surface area contributed by atoms with E-state index in [4.69, 9.17) is 4.74 Å². The van der Waals surface area contributed by atoms with E-state index >= 15 is 0 Å². The van der Waals surface area contributed by atoms with Crippen molar-refractivity contribution in [3.8, 4) is 5.88 Å². The van der Waals surface area contributed by atoms with E-state index < -0.39 is 11.7 Å².